The molecule has 3 rings (SSSR count). The molecular weight excluding hydrogens is 280 g/mol. The van der Waals surface area contributed by atoms with Gasteiger partial charge in [0, 0.05) is 25.3 Å². The van der Waals surface area contributed by atoms with Gasteiger partial charge in [-0.05, 0) is 25.7 Å². The summed E-state index contributed by atoms with van der Waals surface area (Å²) in [5.41, 5.74) is 1.01. The van der Waals surface area contributed by atoms with Crippen LogP contribution in [0, 0.1) is 5.92 Å². The Hall–Kier alpha value is -1.56. The van der Waals surface area contributed by atoms with Gasteiger partial charge in [-0.1, -0.05) is 12.8 Å². The van der Waals surface area contributed by atoms with E-state index in [-0.39, 0.29) is 5.91 Å². The minimum absolute atomic E-state index is 0.113. The Morgan fingerprint density at radius 1 is 1.41 bits per heavy atom. The molecule has 0 bridgehead atoms. The Balaban J connectivity index is 1.50. The fourth-order valence-corrected chi connectivity index (χ4v) is 3.41. The van der Waals surface area contributed by atoms with E-state index < -0.39 is 0 Å². The van der Waals surface area contributed by atoms with Gasteiger partial charge in [0.15, 0.2) is 0 Å². The van der Waals surface area contributed by atoms with E-state index >= 15 is 0 Å². The topological polar surface area (TPSA) is 59.4 Å². The summed E-state index contributed by atoms with van der Waals surface area (Å²) in [5.74, 6) is 0.875. The highest BCUT2D eigenvalue weighted by molar-refractivity contribution is 5.76. The lowest BCUT2D eigenvalue weighted by Gasteiger charge is -2.26. The first-order valence-electron chi connectivity index (χ1n) is 8.37. The molecule has 1 saturated heterocycles. The van der Waals surface area contributed by atoms with Gasteiger partial charge < -0.3 is 15.0 Å². The second-order valence-electron chi connectivity index (χ2n) is 6.40. The average Bonchev–Trinajstić information content (AvgIpc) is 3.20. The zero-order valence-electron chi connectivity index (χ0n) is 13.3. The van der Waals surface area contributed by atoms with Crippen LogP contribution in [0.15, 0.2) is 12.4 Å². The van der Waals surface area contributed by atoms with Gasteiger partial charge in [-0.15, -0.1) is 0 Å². The van der Waals surface area contributed by atoms with Gasteiger partial charge >= 0.3 is 0 Å². The Morgan fingerprint density at radius 2 is 2.14 bits per heavy atom. The van der Waals surface area contributed by atoms with Gasteiger partial charge in [-0.2, -0.15) is 5.10 Å². The van der Waals surface area contributed by atoms with E-state index in [4.69, 9.17) is 4.74 Å². The fraction of sp³-hybridized carbons (Fsp3) is 0.750. The highest BCUT2D eigenvalue weighted by atomic mass is 16.5. The molecule has 1 unspecified atom stereocenters. The summed E-state index contributed by atoms with van der Waals surface area (Å²) in [6.07, 6.45) is 9.09. The Morgan fingerprint density at radius 3 is 2.86 bits per heavy atom. The molecule has 1 aromatic heterocycles. The molecule has 0 aromatic carbocycles. The van der Waals surface area contributed by atoms with Crippen LogP contribution in [0.4, 0.5) is 5.69 Å². The summed E-state index contributed by atoms with van der Waals surface area (Å²) in [5, 5.41) is 7.83. The van der Waals surface area contributed by atoms with Crippen LogP contribution >= 0.6 is 0 Å². The lowest BCUT2D eigenvalue weighted by Crippen LogP contribution is -2.42. The first-order valence-corrected chi connectivity index (χ1v) is 8.37. The van der Waals surface area contributed by atoms with Crippen LogP contribution in [0.25, 0.3) is 0 Å². The number of nitrogens with zero attached hydrogens (tertiary/aromatic N) is 3. The number of carbonyl (C=O) groups excluding carboxylic acids is 1. The predicted octanol–water partition coefficient (Wildman–Crippen LogP) is 1.73. The van der Waals surface area contributed by atoms with Crippen LogP contribution in [0.3, 0.4) is 0 Å². The Kier molecular flexibility index (Phi) is 4.97. The standard InChI is InChI=1S/C16H26N4O2/c1-13(14-4-2-3-5-14)18-15-10-17-20(11-15)12-16(21)19-6-8-22-9-7-19/h10-11,13-14,18H,2-9,12H2,1H3. The summed E-state index contributed by atoms with van der Waals surface area (Å²) < 4.78 is 6.99. The molecule has 2 heterocycles. The molecule has 0 radical (unpaired) electrons. The number of nitrogens with one attached hydrogen (secondary N) is 1. The molecule has 6 nitrogen and oxygen atoms in total. The van der Waals surface area contributed by atoms with Crippen molar-refractivity contribution < 1.29 is 9.53 Å². The summed E-state index contributed by atoms with van der Waals surface area (Å²) >= 11 is 0. The van der Waals surface area contributed by atoms with E-state index in [1.54, 1.807) is 4.68 Å². The maximum Gasteiger partial charge on any atom is 0.244 e. The molecule has 1 amide bonds. The number of amides is 1. The first kappa shape index (κ1) is 15.3. The van der Waals surface area contributed by atoms with Gasteiger partial charge in [0.2, 0.25) is 5.91 Å². The number of aromatic nitrogens is 2. The maximum atomic E-state index is 12.2. The average molecular weight is 306 g/mol. The number of ether oxygens (including phenoxy) is 1. The second kappa shape index (κ2) is 7.13. The SMILES string of the molecule is CC(Nc1cnn(CC(=O)N2CCOCC2)c1)C1CCCC1. The number of anilines is 1. The van der Waals surface area contributed by atoms with E-state index in [1.807, 2.05) is 17.3 Å². The van der Waals surface area contributed by atoms with E-state index in [1.165, 1.54) is 25.7 Å². The molecule has 6 heteroatoms. The van der Waals surface area contributed by atoms with Gasteiger partial charge in [0.25, 0.3) is 0 Å². The number of rotatable bonds is 5. The normalized spacial score (nSPS) is 21.0. The molecule has 1 aromatic rings. The van der Waals surface area contributed by atoms with Crippen molar-refractivity contribution in [1.29, 1.82) is 0 Å². The van der Waals surface area contributed by atoms with Gasteiger partial charge in [-0.3, -0.25) is 9.48 Å². The fourth-order valence-electron chi connectivity index (χ4n) is 3.41. The molecule has 1 aliphatic heterocycles. The molecule has 22 heavy (non-hydrogen) atoms. The van der Waals surface area contributed by atoms with Crippen LogP contribution in [-0.2, 0) is 16.1 Å². The molecule has 1 N–H and O–H groups in total. The summed E-state index contributed by atoms with van der Waals surface area (Å²) in [6.45, 7) is 5.19. The molecule has 1 saturated carbocycles. The number of carbonyl (C=O) groups is 1. The van der Waals surface area contributed by atoms with Crippen LogP contribution in [0.5, 0.6) is 0 Å². The van der Waals surface area contributed by atoms with Crippen molar-refractivity contribution in [2.24, 2.45) is 5.92 Å². The van der Waals surface area contributed by atoms with E-state index in [0.717, 1.165) is 11.6 Å². The van der Waals surface area contributed by atoms with E-state index in [2.05, 4.69) is 17.3 Å². The number of hydrogen-bond acceptors (Lipinski definition) is 4. The largest absolute Gasteiger partial charge is 0.380 e. The Labute approximate surface area is 131 Å². The third-order valence-corrected chi connectivity index (χ3v) is 4.80. The van der Waals surface area contributed by atoms with Crippen molar-refractivity contribution >= 4 is 11.6 Å². The summed E-state index contributed by atoms with van der Waals surface area (Å²) in [6, 6.07) is 0.468. The lowest BCUT2D eigenvalue weighted by atomic mass is 10.00. The second-order valence-corrected chi connectivity index (χ2v) is 6.40. The molecule has 1 aliphatic carbocycles. The molecular formula is C16H26N4O2. The third-order valence-electron chi connectivity index (χ3n) is 4.80. The molecule has 2 aliphatic rings. The maximum absolute atomic E-state index is 12.2. The number of morpholine rings is 1. The minimum Gasteiger partial charge on any atom is -0.380 e. The van der Waals surface area contributed by atoms with Gasteiger partial charge in [0.1, 0.15) is 6.54 Å². The predicted molar refractivity (Wildman–Crippen MR) is 84.7 cm³/mol. The number of hydrogen-bond donors (Lipinski definition) is 1. The van der Waals surface area contributed by atoms with Crippen molar-refractivity contribution in [3.05, 3.63) is 12.4 Å². The monoisotopic (exact) mass is 306 g/mol. The molecule has 1 atom stereocenters. The smallest absolute Gasteiger partial charge is 0.244 e. The third kappa shape index (κ3) is 3.80. The van der Waals surface area contributed by atoms with Crippen LogP contribution in [-0.4, -0.2) is 52.9 Å². The van der Waals surface area contributed by atoms with E-state index in [9.17, 15) is 4.79 Å². The molecule has 2 fully saturated rings. The quantitative estimate of drug-likeness (QED) is 0.900. The summed E-state index contributed by atoms with van der Waals surface area (Å²) in [7, 11) is 0. The summed E-state index contributed by atoms with van der Waals surface area (Å²) in [4.78, 5) is 14.0. The van der Waals surface area contributed by atoms with Crippen LogP contribution < -0.4 is 5.32 Å². The van der Waals surface area contributed by atoms with Crippen molar-refractivity contribution in [2.75, 3.05) is 31.6 Å². The van der Waals surface area contributed by atoms with Crippen molar-refractivity contribution in [1.82, 2.24) is 14.7 Å². The van der Waals surface area contributed by atoms with Crippen molar-refractivity contribution in [3.63, 3.8) is 0 Å². The molecule has 0 spiro atoms. The first-order chi connectivity index (χ1) is 10.7. The molecule has 122 valence electrons. The van der Waals surface area contributed by atoms with Gasteiger partial charge in [-0.25, -0.2) is 0 Å². The van der Waals surface area contributed by atoms with Gasteiger partial charge in [0.05, 0.1) is 25.1 Å². The highest BCUT2D eigenvalue weighted by Gasteiger charge is 2.22. The van der Waals surface area contributed by atoms with Crippen LogP contribution in [0.1, 0.15) is 32.6 Å². The lowest BCUT2D eigenvalue weighted by molar-refractivity contribution is -0.136. The van der Waals surface area contributed by atoms with Crippen molar-refractivity contribution in [3.8, 4) is 0 Å². The van der Waals surface area contributed by atoms with Crippen LogP contribution in [0.2, 0.25) is 0 Å². The highest BCUT2D eigenvalue weighted by Crippen LogP contribution is 2.29. The Bertz CT molecular complexity index is 490. The zero-order chi connectivity index (χ0) is 15.4. The minimum atomic E-state index is 0.113. The zero-order valence-corrected chi connectivity index (χ0v) is 13.3. The van der Waals surface area contributed by atoms with E-state index in [0.29, 0.717) is 38.9 Å². The van der Waals surface area contributed by atoms with Crippen molar-refractivity contribution in [2.45, 2.75) is 45.2 Å².